The van der Waals surface area contributed by atoms with Crippen LogP contribution in [0.3, 0.4) is 0 Å². The van der Waals surface area contributed by atoms with E-state index < -0.39 is 5.97 Å². The van der Waals surface area contributed by atoms with Crippen molar-refractivity contribution in [2.75, 3.05) is 0 Å². The molecule has 0 radical (unpaired) electrons. The standard InChI is InChI=1S/C21H21NO2/c23-21(24)17-8-4-5-15(11-17)14-22-19-9-10-20(22)13-18(12-19)16-6-2-1-3-7-16/h1-8,11-12,19-20H,9-10,13-14H2,(H,23,24). The summed E-state index contributed by atoms with van der Waals surface area (Å²) in [6.45, 7) is 0.828. The Labute approximate surface area is 142 Å². The first-order chi connectivity index (χ1) is 11.7. The van der Waals surface area contributed by atoms with Gasteiger partial charge in [-0.2, -0.15) is 0 Å². The minimum absolute atomic E-state index is 0.373. The number of benzene rings is 2. The fourth-order valence-electron chi connectivity index (χ4n) is 4.04. The second kappa shape index (κ2) is 6.25. The average Bonchev–Trinajstić information content (AvgIpc) is 2.83. The van der Waals surface area contributed by atoms with Crippen molar-refractivity contribution >= 4 is 11.5 Å². The molecule has 3 nitrogen and oxygen atoms in total. The van der Waals surface area contributed by atoms with Crippen LogP contribution in [-0.4, -0.2) is 28.1 Å². The molecule has 0 spiro atoms. The predicted molar refractivity (Wildman–Crippen MR) is 94.8 cm³/mol. The first-order valence-corrected chi connectivity index (χ1v) is 8.55. The summed E-state index contributed by atoms with van der Waals surface area (Å²) in [5.41, 5.74) is 4.25. The molecule has 122 valence electrons. The zero-order valence-electron chi connectivity index (χ0n) is 13.6. The molecule has 1 fully saturated rings. The van der Waals surface area contributed by atoms with Crippen LogP contribution in [0.2, 0.25) is 0 Å². The van der Waals surface area contributed by atoms with Gasteiger partial charge in [0.2, 0.25) is 0 Å². The van der Waals surface area contributed by atoms with Gasteiger partial charge in [0.25, 0.3) is 0 Å². The van der Waals surface area contributed by atoms with Gasteiger partial charge in [0.1, 0.15) is 0 Å². The predicted octanol–water partition coefficient (Wildman–Crippen LogP) is 4.21. The van der Waals surface area contributed by atoms with Gasteiger partial charge in [0.15, 0.2) is 0 Å². The van der Waals surface area contributed by atoms with Crippen LogP contribution < -0.4 is 0 Å². The second-order valence-electron chi connectivity index (χ2n) is 6.74. The van der Waals surface area contributed by atoms with Crippen LogP contribution in [0.4, 0.5) is 0 Å². The summed E-state index contributed by atoms with van der Waals surface area (Å²) in [6, 6.07) is 19.0. The quantitative estimate of drug-likeness (QED) is 0.918. The molecule has 1 N–H and O–H groups in total. The molecule has 3 heteroatoms. The van der Waals surface area contributed by atoms with E-state index in [9.17, 15) is 4.79 Å². The molecule has 0 aliphatic carbocycles. The maximum Gasteiger partial charge on any atom is 0.335 e. The number of fused-ring (bicyclic) bond motifs is 2. The number of hydrogen-bond donors (Lipinski definition) is 1. The van der Waals surface area contributed by atoms with Crippen LogP contribution >= 0.6 is 0 Å². The Hall–Kier alpha value is -2.39. The van der Waals surface area contributed by atoms with Crippen molar-refractivity contribution in [3.63, 3.8) is 0 Å². The van der Waals surface area contributed by atoms with Gasteiger partial charge in [-0.15, -0.1) is 0 Å². The molecule has 2 aromatic carbocycles. The van der Waals surface area contributed by atoms with Gasteiger partial charge in [-0.25, -0.2) is 4.79 Å². The molecule has 2 aromatic rings. The fourth-order valence-corrected chi connectivity index (χ4v) is 4.04. The molecule has 1 saturated heterocycles. The third-order valence-corrected chi connectivity index (χ3v) is 5.22. The minimum Gasteiger partial charge on any atom is -0.478 e. The van der Waals surface area contributed by atoms with Gasteiger partial charge >= 0.3 is 5.97 Å². The summed E-state index contributed by atoms with van der Waals surface area (Å²) >= 11 is 0. The Balaban J connectivity index is 1.55. The van der Waals surface area contributed by atoms with E-state index in [0.717, 1.165) is 18.5 Å². The summed E-state index contributed by atoms with van der Waals surface area (Å²) in [4.78, 5) is 13.7. The molecular formula is C21H21NO2. The first kappa shape index (κ1) is 15.2. The number of hydrogen-bond acceptors (Lipinski definition) is 2. The van der Waals surface area contributed by atoms with E-state index >= 15 is 0 Å². The highest BCUT2D eigenvalue weighted by Gasteiger charge is 2.36. The number of carbonyl (C=O) groups is 1. The average molecular weight is 319 g/mol. The van der Waals surface area contributed by atoms with Crippen LogP contribution in [0.25, 0.3) is 5.57 Å². The monoisotopic (exact) mass is 319 g/mol. The number of carboxylic acids is 1. The third kappa shape index (κ3) is 2.87. The lowest BCUT2D eigenvalue weighted by molar-refractivity contribution is 0.0696. The number of carboxylic acid groups (broad SMARTS) is 1. The summed E-state index contributed by atoms with van der Waals surface area (Å²) in [5, 5.41) is 9.17. The van der Waals surface area contributed by atoms with Gasteiger partial charge in [-0.05, 0) is 48.1 Å². The van der Waals surface area contributed by atoms with Crippen molar-refractivity contribution in [1.29, 1.82) is 0 Å². The molecule has 2 aliphatic heterocycles. The summed E-state index contributed by atoms with van der Waals surface area (Å²) < 4.78 is 0. The van der Waals surface area contributed by atoms with Gasteiger partial charge in [0, 0.05) is 18.6 Å². The fraction of sp³-hybridized carbons (Fsp3) is 0.286. The van der Waals surface area contributed by atoms with Gasteiger partial charge in [0.05, 0.1) is 5.56 Å². The van der Waals surface area contributed by atoms with Crippen LogP contribution in [-0.2, 0) is 6.54 Å². The number of rotatable bonds is 4. The molecule has 2 unspecified atom stereocenters. The van der Waals surface area contributed by atoms with Crippen molar-refractivity contribution in [1.82, 2.24) is 4.90 Å². The van der Waals surface area contributed by atoms with Crippen molar-refractivity contribution in [2.45, 2.75) is 37.9 Å². The van der Waals surface area contributed by atoms with Crippen molar-refractivity contribution in [3.05, 3.63) is 77.4 Å². The first-order valence-electron chi connectivity index (χ1n) is 8.55. The van der Waals surface area contributed by atoms with Gasteiger partial charge in [-0.1, -0.05) is 48.5 Å². The lowest BCUT2D eigenvalue weighted by atomic mass is 9.94. The highest BCUT2D eigenvalue weighted by molar-refractivity contribution is 5.87. The lowest BCUT2D eigenvalue weighted by Gasteiger charge is -2.34. The highest BCUT2D eigenvalue weighted by atomic mass is 16.4. The van der Waals surface area contributed by atoms with Gasteiger partial charge < -0.3 is 5.11 Å². The van der Waals surface area contributed by atoms with E-state index in [1.807, 2.05) is 12.1 Å². The Morgan fingerprint density at radius 2 is 1.92 bits per heavy atom. The van der Waals surface area contributed by atoms with E-state index in [-0.39, 0.29) is 0 Å². The van der Waals surface area contributed by atoms with E-state index in [0.29, 0.717) is 17.6 Å². The van der Waals surface area contributed by atoms with E-state index in [1.165, 1.54) is 24.0 Å². The van der Waals surface area contributed by atoms with Crippen LogP contribution in [0, 0.1) is 0 Å². The topological polar surface area (TPSA) is 40.5 Å². The van der Waals surface area contributed by atoms with Gasteiger partial charge in [-0.3, -0.25) is 4.90 Å². The summed E-state index contributed by atoms with van der Waals surface area (Å²) in [6.07, 6.45) is 5.91. The second-order valence-corrected chi connectivity index (χ2v) is 6.74. The minimum atomic E-state index is -0.857. The zero-order valence-corrected chi connectivity index (χ0v) is 13.6. The molecule has 2 aliphatic rings. The Kier molecular flexibility index (Phi) is 3.95. The molecule has 0 saturated carbocycles. The smallest absolute Gasteiger partial charge is 0.335 e. The normalized spacial score (nSPS) is 23.1. The number of aromatic carboxylic acids is 1. The molecule has 2 atom stereocenters. The summed E-state index contributed by atoms with van der Waals surface area (Å²) in [5.74, 6) is -0.857. The summed E-state index contributed by atoms with van der Waals surface area (Å²) in [7, 11) is 0. The van der Waals surface area contributed by atoms with Crippen molar-refractivity contribution in [2.24, 2.45) is 0 Å². The molecule has 0 amide bonds. The Morgan fingerprint density at radius 1 is 1.08 bits per heavy atom. The molecule has 0 aromatic heterocycles. The maximum atomic E-state index is 11.2. The van der Waals surface area contributed by atoms with Crippen LogP contribution in [0.1, 0.15) is 40.7 Å². The van der Waals surface area contributed by atoms with Crippen molar-refractivity contribution < 1.29 is 9.90 Å². The Bertz CT molecular complexity index is 781. The van der Waals surface area contributed by atoms with Crippen molar-refractivity contribution in [3.8, 4) is 0 Å². The Morgan fingerprint density at radius 3 is 2.67 bits per heavy atom. The highest BCUT2D eigenvalue weighted by Crippen LogP contribution is 2.39. The molecule has 2 heterocycles. The molecule has 24 heavy (non-hydrogen) atoms. The lowest BCUT2D eigenvalue weighted by Crippen LogP contribution is -2.37. The third-order valence-electron chi connectivity index (χ3n) is 5.22. The SMILES string of the molecule is O=C(O)c1cccc(CN2C3C=C(c4ccccc4)CC2CC3)c1. The van der Waals surface area contributed by atoms with E-state index in [4.69, 9.17) is 5.11 Å². The van der Waals surface area contributed by atoms with E-state index in [1.54, 1.807) is 12.1 Å². The van der Waals surface area contributed by atoms with Crippen LogP contribution in [0.15, 0.2) is 60.7 Å². The van der Waals surface area contributed by atoms with Crippen LogP contribution in [0.5, 0.6) is 0 Å². The molecule has 4 rings (SSSR count). The molecular weight excluding hydrogens is 298 g/mol. The largest absolute Gasteiger partial charge is 0.478 e. The zero-order chi connectivity index (χ0) is 16.5. The van der Waals surface area contributed by atoms with E-state index in [2.05, 4.69) is 41.3 Å². The number of nitrogens with zero attached hydrogens (tertiary/aromatic N) is 1. The molecule has 2 bridgehead atoms. The maximum absolute atomic E-state index is 11.2.